The lowest BCUT2D eigenvalue weighted by Crippen LogP contribution is -2.40. The molecule has 0 saturated carbocycles. The second-order valence-electron chi connectivity index (χ2n) is 6.78. The average Bonchev–Trinajstić information content (AvgIpc) is 3.33. The average molecular weight is 390 g/mol. The van der Waals surface area contributed by atoms with E-state index in [1.54, 1.807) is 40.0 Å². The van der Waals surface area contributed by atoms with Gasteiger partial charge in [0.25, 0.3) is 11.8 Å². The predicted octanol–water partition coefficient (Wildman–Crippen LogP) is 2.27. The first-order valence-electron chi connectivity index (χ1n) is 9.55. The molecule has 1 saturated heterocycles. The van der Waals surface area contributed by atoms with E-state index in [-0.39, 0.29) is 11.8 Å². The number of nitrogens with zero attached hydrogens (tertiary/aromatic N) is 3. The van der Waals surface area contributed by atoms with Crippen LogP contribution in [0.1, 0.15) is 26.3 Å². The highest BCUT2D eigenvalue weighted by molar-refractivity contribution is 5.95. The number of rotatable bonds is 5. The summed E-state index contributed by atoms with van der Waals surface area (Å²) in [5.41, 5.74) is 3.06. The Labute approximate surface area is 168 Å². The topological polar surface area (TPSA) is 76.5 Å². The van der Waals surface area contributed by atoms with Gasteiger partial charge >= 0.3 is 0 Å². The minimum Gasteiger partial charge on any atom is -0.378 e. The number of aromatic nitrogens is 2. The van der Waals surface area contributed by atoms with E-state index < -0.39 is 0 Å². The summed E-state index contributed by atoms with van der Waals surface area (Å²) in [6, 6.07) is 16.5. The van der Waals surface area contributed by atoms with Crippen molar-refractivity contribution in [2.45, 2.75) is 6.54 Å². The highest BCUT2D eigenvalue weighted by Crippen LogP contribution is 2.11. The van der Waals surface area contributed by atoms with Crippen LogP contribution in [0, 0.1) is 0 Å². The normalized spacial score (nSPS) is 13.9. The third-order valence-corrected chi connectivity index (χ3v) is 4.85. The highest BCUT2D eigenvalue weighted by atomic mass is 16.5. The molecule has 1 aliphatic rings. The Kier molecular flexibility index (Phi) is 5.67. The summed E-state index contributed by atoms with van der Waals surface area (Å²) in [5, 5.41) is 7.08. The molecule has 7 nitrogen and oxygen atoms in total. The van der Waals surface area contributed by atoms with Crippen LogP contribution in [-0.4, -0.2) is 52.8 Å². The molecule has 1 N–H and O–H groups in total. The summed E-state index contributed by atoms with van der Waals surface area (Å²) in [6.07, 6.45) is 3.56. The fourth-order valence-corrected chi connectivity index (χ4v) is 3.19. The van der Waals surface area contributed by atoms with Crippen molar-refractivity contribution in [2.75, 3.05) is 26.3 Å². The van der Waals surface area contributed by atoms with Crippen LogP contribution in [0.4, 0.5) is 0 Å². The van der Waals surface area contributed by atoms with Gasteiger partial charge in [-0.25, -0.2) is 4.68 Å². The molecule has 3 aromatic rings. The van der Waals surface area contributed by atoms with Crippen molar-refractivity contribution in [1.82, 2.24) is 20.0 Å². The maximum Gasteiger partial charge on any atom is 0.254 e. The first kappa shape index (κ1) is 18.9. The molecule has 2 aromatic carbocycles. The Morgan fingerprint density at radius 1 is 0.966 bits per heavy atom. The molecule has 0 spiro atoms. The number of carbonyl (C=O) groups is 2. The van der Waals surface area contributed by atoms with Gasteiger partial charge in [0.15, 0.2) is 0 Å². The number of nitrogens with one attached hydrogen (secondary N) is 1. The Morgan fingerprint density at radius 3 is 2.31 bits per heavy atom. The zero-order valence-electron chi connectivity index (χ0n) is 16.0. The van der Waals surface area contributed by atoms with Gasteiger partial charge < -0.3 is 15.0 Å². The van der Waals surface area contributed by atoms with Crippen LogP contribution >= 0.6 is 0 Å². The van der Waals surface area contributed by atoms with Gasteiger partial charge in [0.2, 0.25) is 0 Å². The number of amides is 2. The Morgan fingerprint density at radius 2 is 1.66 bits per heavy atom. The number of carbonyl (C=O) groups excluding carboxylic acids is 2. The van der Waals surface area contributed by atoms with E-state index in [2.05, 4.69) is 10.4 Å². The van der Waals surface area contributed by atoms with Crippen LogP contribution in [0.2, 0.25) is 0 Å². The lowest BCUT2D eigenvalue weighted by Gasteiger charge is -2.26. The molecule has 1 fully saturated rings. The predicted molar refractivity (Wildman–Crippen MR) is 108 cm³/mol. The summed E-state index contributed by atoms with van der Waals surface area (Å²) < 4.78 is 7.02. The van der Waals surface area contributed by atoms with Gasteiger partial charge in [-0.3, -0.25) is 9.59 Å². The van der Waals surface area contributed by atoms with Gasteiger partial charge in [-0.2, -0.15) is 5.10 Å². The molecule has 0 unspecified atom stereocenters. The van der Waals surface area contributed by atoms with E-state index in [1.807, 2.05) is 36.5 Å². The maximum absolute atomic E-state index is 12.5. The van der Waals surface area contributed by atoms with Gasteiger partial charge in [0.05, 0.1) is 18.9 Å². The first-order chi connectivity index (χ1) is 14.2. The van der Waals surface area contributed by atoms with Gasteiger partial charge in [-0.1, -0.05) is 12.1 Å². The van der Waals surface area contributed by atoms with Crippen molar-refractivity contribution in [3.8, 4) is 5.69 Å². The highest BCUT2D eigenvalue weighted by Gasteiger charge is 2.18. The van der Waals surface area contributed by atoms with Crippen molar-refractivity contribution >= 4 is 11.8 Å². The van der Waals surface area contributed by atoms with Crippen LogP contribution in [0.15, 0.2) is 67.0 Å². The molecular weight excluding hydrogens is 368 g/mol. The monoisotopic (exact) mass is 390 g/mol. The fourth-order valence-electron chi connectivity index (χ4n) is 3.19. The number of morpholine rings is 1. The standard InChI is InChI=1S/C22H22N4O3/c27-21(18-6-8-20(9-7-18)26-11-1-10-24-26)23-16-17-2-4-19(5-3-17)22(28)25-12-14-29-15-13-25/h1-11H,12-16H2,(H,23,27). The molecule has 29 heavy (non-hydrogen) atoms. The lowest BCUT2D eigenvalue weighted by atomic mass is 10.1. The third-order valence-electron chi connectivity index (χ3n) is 4.85. The van der Waals surface area contributed by atoms with Gasteiger partial charge in [0.1, 0.15) is 0 Å². The molecule has 0 aliphatic carbocycles. The second-order valence-corrected chi connectivity index (χ2v) is 6.78. The molecule has 1 aromatic heterocycles. The van der Waals surface area contributed by atoms with Gasteiger partial charge in [-0.15, -0.1) is 0 Å². The van der Waals surface area contributed by atoms with Crippen molar-refractivity contribution < 1.29 is 14.3 Å². The Balaban J connectivity index is 1.32. The van der Waals surface area contributed by atoms with E-state index in [0.29, 0.717) is 44.0 Å². The van der Waals surface area contributed by atoms with Crippen LogP contribution in [0.5, 0.6) is 0 Å². The molecule has 2 heterocycles. The lowest BCUT2D eigenvalue weighted by molar-refractivity contribution is 0.0303. The zero-order chi connectivity index (χ0) is 20.1. The van der Waals surface area contributed by atoms with Crippen LogP contribution in [-0.2, 0) is 11.3 Å². The molecule has 7 heteroatoms. The fraction of sp³-hybridized carbons (Fsp3) is 0.227. The Hall–Kier alpha value is -3.45. The summed E-state index contributed by atoms with van der Waals surface area (Å²) in [6.45, 7) is 2.80. The van der Waals surface area contributed by atoms with Gasteiger partial charge in [-0.05, 0) is 48.0 Å². The molecule has 1 aliphatic heterocycles. The quantitative estimate of drug-likeness (QED) is 0.725. The van der Waals surface area contributed by atoms with Gasteiger partial charge in [0, 0.05) is 43.2 Å². The molecule has 148 valence electrons. The van der Waals surface area contributed by atoms with E-state index in [0.717, 1.165) is 11.3 Å². The number of ether oxygens (including phenoxy) is 1. The smallest absolute Gasteiger partial charge is 0.254 e. The molecule has 4 rings (SSSR count). The molecule has 0 atom stereocenters. The summed E-state index contributed by atoms with van der Waals surface area (Å²) in [4.78, 5) is 26.7. The minimum atomic E-state index is -0.148. The second kappa shape index (κ2) is 8.70. The number of benzene rings is 2. The maximum atomic E-state index is 12.5. The largest absolute Gasteiger partial charge is 0.378 e. The number of hydrogen-bond donors (Lipinski definition) is 1. The SMILES string of the molecule is O=C(NCc1ccc(C(=O)N2CCOCC2)cc1)c1ccc(-n2cccn2)cc1. The van der Waals surface area contributed by atoms with E-state index in [9.17, 15) is 9.59 Å². The van der Waals surface area contributed by atoms with E-state index >= 15 is 0 Å². The molecule has 2 amide bonds. The molecule has 0 radical (unpaired) electrons. The minimum absolute atomic E-state index is 0.0150. The van der Waals surface area contributed by atoms with Crippen LogP contribution < -0.4 is 5.32 Å². The van der Waals surface area contributed by atoms with E-state index in [4.69, 9.17) is 4.74 Å². The molecular formula is C22H22N4O3. The summed E-state index contributed by atoms with van der Waals surface area (Å²) in [5.74, 6) is -0.133. The summed E-state index contributed by atoms with van der Waals surface area (Å²) >= 11 is 0. The number of hydrogen-bond acceptors (Lipinski definition) is 4. The first-order valence-corrected chi connectivity index (χ1v) is 9.55. The van der Waals surface area contributed by atoms with Crippen molar-refractivity contribution in [3.05, 3.63) is 83.7 Å². The van der Waals surface area contributed by atoms with Crippen LogP contribution in [0.3, 0.4) is 0 Å². The van der Waals surface area contributed by atoms with Crippen LogP contribution in [0.25, 0.3) is 5.69 Å². The van der Waals surface area contributed by atoms with Crippen molar-refractivity contribution in [1.29, 1.82) is 0 Å². The van der Waals surface area contributed by atoms with Crippen molar-refractivity contribution in [3.63, 3.8) is 0 Å². The summed E-state index contributed by atoms with van der Waals surface area (Å²) in [7, 11) is 0. The third kappa shape index (κ3) is 4.52. The van der Waals surface area contributed by atoms with E-state index in [1.165, 1.54) is 0 Å². The molecule has 0 bridgehead atoms. The Bertz CT molecular complexity index is 960. The van der Waals surface area contributed by atoms with Crippen molar-refractivity contribution in [2.24, 2.45) is 0 Å². The zero-order valence-corrected chi connectivity index (χ0v) is 16.0.